The topological polar surface area (TPSA) is 51.2 Å². The van der Waals surface area contributed by atoms with Crippen LogP contribution in [0.1, 0.15) is 5.56 Å². The Morgan fingerprint density at radius 1 is 1.12 bits per heavy atom. The van der Waals surface area contributed by atoms with Gasteiger partial charge in [0.25, 0.3) is 0 Å². The van der Waals surface area contributed by atoms with E-state index >= 15 is 0 Å². The van der Waals surface area contributed by atoms with Crippen LogP contribution in [0.25, 0.3) is 0 Å². The summed E-state index contributed by atoms with van der Waals surface area (Å²) in [5, 5.41) is 9.32. The van der Waals surface area contributed by atoms with Crippen molar-refractivity contribution < 1.29 is 19.3 Å². The molecule has 4 heteroatoms. The van der Waals surface area contributed by atoms with Crippen LogP contribution < -0.4 is 0 Å². The van der Waals surface area contributed by atoms with Crippen molar-refractivity contribution in [1.82, 2.24) is 0 Å². The Kier molecular flexibility index (Phi) is 2.65. The van der Waals surface area contributed by atoms with Crippen LogP contribution in [0.3, 0.4) is 0 Å². The van der Waals surface area contributed by atoms with Gasteiger partial charge in [0.05, 0.1) is 13.2 Å². The van der Waals surface area contributed by atoms with E-state index in [1.807, 2.05) is 30.3 Å². The third kappa shape index (κ3) is 1.97. The van der Waals surface area contributed by atoms with E-state index in [1.54, 1.807) is 0 Å². The first-order valence-electron chi connectivity index (χ1n) is 5.45. The Hall–Kier alpha value is -0.940. The third-order valence-electron chi connectivity index (χ3n) is 2.92. The molecule has 4 atom stereocenters. The van der Waals surface area contributed by atoms with E-state index in [0.717, 1.165) is 5.56 Å². The van der Waals surface area contributed by atoms with Crippen molar-refractivity contribution in [2.45, 2.75) is 31.2 Å². The lowest BCUT2D eigenvalue weighted by Gasteiger charge is -2.14. The zero-order chi connectivity index (χ0) is 11.0. The van der Waals surface area contributed by atoms with E-state index in [9.17, 15) is 5.11 Å². The standard InChI is InChI=1S/C12H14O4/c13-12-11-10(16-11)9(15-12)7-14-6-8-4-2-1-3-5-8/h1-5,9-13H,6-7H2/t9-,10-,11+,12+/m1/s1. The molecule has 2 aliphatic rings. The Balaban J connectivity index is 1.44. The van der Waals surface area contributed by atoms with Crippen LogP contribution in [0.5, 0.6) is 0 Å². The first kappa shape index (κ1) is 10.2. The normalized spacial score (nSPS) is 36.1. The maximum absolute atomic E-state index is 9.32. The highest BCUT2D eigenvalue weighted by molar-refractivity contribution is 5.13. The van der Waals surface area contributed by atoms with Crippen LogP contribution in [0.15, 0.2) is 30.3 Å². The molecule has 1 N–H and O–H groups in total. The molecule has 2 fully saturated rings. The van der Waals surface area contributed by atoms with E-state index < -0.39 is 6.29 Å². The van der Waals surface area contributed by atoms with Gasteiger partial charge in [0.2, 0.25) is 0 Å². The van der Waals surface area contributed by atoms with Gasteiger partial charge in [-0.1, -0.05) is 30.3 Å². The lowest BCUT2D eigenvalue weighted by Crippen LogP contribution is -2.24. The van der Waals surface area contributed by atoms with Crippen molar-refractivity contribution in [3.8, 4) is 0 Å². The summed E-state index contributed by atoms with van der Waals surface area (Å²) in [5.74, 6) is 0. The van der Waals surface area contributed by atoms with E-state index in [-0.39, 0.29) is 18.3 Å². The van der Waals surface area contributed by atoms with E-state index in [4.69, 9.17) is 14.2 Å². The molecular weight excluding hydrogens is 208 g/mol. The number of hydrogen-bond donors (Lipinski definition) is 1. The summed E-state index contributed by atoms with van der Waals surface area (Å²) >= 11 is 0. The van der Waals surface area contributed by atoms with Crippen molar-refractivity contribution in [3.63, 3.8) is 0 Å². The molecule has 2 saturated heterocycles. The van der Waals surface area contributed by atoms with Gasteiger partial charge >= 0.3 is 0 Å². The number of epoxide rings is 1. The number of rotatable bonds is 4. The molecule has 3 rings (SSSR count). The number of fused-ring (bicyclic) bond motifs is 1. The van der Waals surface area contributed by atoms with E-state index in [0.29, 0.717) is 13.2 Å². The van der Waals surface area contributed by atoms with Gasteiger partial charge in [0.15, 0.2) is 6.29 Å². The highest BCUT2D eigenvalue weighted by atomic mass is 16.7. The summed E-state index contributed by atoms with van der Waals surface area (Å²) in [6.07, 6.45) is -0.977. The molecule has 0 unspecified atom stereocenters. The third-order valence-corrected chi connectivity index (χ3v) is 2.92. The molecule has 0 radical (unpaired) electrons. The van der Waals surface area contributed by atoms with Gasteiger partial charge in [-0.05, 0) is 5.56 Å². The second-order valence-electron chi connectivity index (χ2n) is 4.13. The molecule has 1 aromatic rings. The van der Waals surface area contributed by atoms with Crippen molar-refractivity contribution >= 4 is 0 Å². The van der Waals surface area contributed by atoms with Crippen LogP contribution in [0.2, 0.25) is 0 Å². The highest BCUT2D eigenvalue weighted by Crippen LogP contribution is 2.38. The summed E-state index contributed by atoms with van der Waals surface area (Å²) < 4.78 is 16.0. The Labute approximate surface area is 93.7 Å². The summed E-state index contributed by atoms with van der Waals surface area (Å²) in [6, 6.07) is 9.97. The molecule has 1 aromatic carbocycles. The molecule has 16 heavy (non-hydrogen) atoms. The maximum atomic E-state index is 9.32. The predicted molar refractivity (Wildman–Crippen MR) is 55.6 cm³/mol. The number of benzene rings is 1. The fraction of sp³-hybridized carbons (Fsp3) is 0.500. The quantitative estimate of drug-likeness (QED) is 0.761. The lowest BCUT2D eigenvalue weighted by molar-refractivity contribution is -0.155. The number of aliphatic hydroxyl groups is 1. The molecule has 0 bridgehead atoms. The second-order valence-corrected chi connectivity index (χ2v) is 4.13. The van der Waals surface area contributed by atoms with Gasteiger partial charge in [-0.15, -0.1) is 0 Å². The number of hydrogen-bond acceptors (Lipinski definition) is 4. The zero-order valence-electron chi connectivity index (χ0n) is 8.78. The zero-order valence-corrected chi connectivity index (χ0v) is 8.78. The van der Waals surface area contributed by atoms with Crippen molar-refractivity contribution in [2.24, 2.45) is 0 Å². The van der Waals surface area contributed by atoms with Crippen LogP contribution in [-0.4, -0.2) is 36.3 Å². The fourth-order valence-electron chi connectivity index (χ4n) is 2.00. The molecule has 0 amide bonds. The summed E-state index contributed by atoms with van der Waals surface area (Å²) in [5.41, 5.74) is 1.13. The van der Waals surface area contributed by atoms with Crippen LogP contribution in [0, 0.1) is 0 Å². The largest absolute Gasteiger partial charge is 0.374 e. The van der Waals surface area contributed by atoms with Gasteiger partial charge in [-0.3, -0.25) is 0 Å². The minimum absolute atomic E-state index is 0.0331. The van der Waals surface area contributed by atoms with Crippen LogP contribution in [0.4, 0.5) is 0 Å². The first-order chi connectivity index (χ1) is 7.84. The van der Waals surface area contributed by atoms with Crippen molar-refractivity contribution in [3.05, 3.63) is 35.9 Å². The minimum atomic E-state index is -0.768. The summed E-state index contributed by atoms with van der Waals surface area (Å²) in [4.78, 5) is 0. The molecule has 0 aliphatic carbocycles. The fourth-order valence-corrected chi connectivity index (χ4v) is 2.00. The van der Waals surface area contributed by atoms with Crippen LogP contribution >= 0.6 is 0 Å². The predicted octanol–water partition coefficient (Wildman–Crippen LogP) is 0.688. The van der Waals surface area contributed by atoms with Gasteiger partial charge in [0, 0.05) is 0 Å². The Bertz CT molecular complexity index is 353. The molecule has 2 aliphatic heterocycles. The van der Waals surface area contributed by atoms with E-state index in [1.165, 1.54) is 0 Å². The molecule has 0 aromatic heterocycles. The van der Waals surface area contributed by atoms with Gasteiger partial charge in [0.1, 0.15) is 18.3 Å². The van der Waals surface area contributed by atoms with Gasteiger partial charge < -0.3 is 19.3 Å². The van der Waals surface area contributed by atoms with Crippen molar-refractivity contribution in [1.29, 1.82) is 0 Å². The summed E-state index contributed by atoms with van der Waals surface area (Å²) in [6.45, 7) is 1.03. The first-order valence-corrected chi connectivity index (χ1v) is 5.45. The molecule has 0 saturated carbocycles. The summed E-state index contributed by atoms with van der Waals surface area (Å²) in [7, 11) is 0. The lowest BCUT2D eigenvalue weighted by atomic mass is 10.2. The average molecular weight is 222 g/mol. The monoisotopic (exact) mass is 222 g/mol. The second kappa shape index (κ2) is 4.14. The van der Waals surface area contributed by atoms with Gasteiger partial charge in [-0.25, -0.2) is 0 Å². The Morgan fingerprint density at radius 2 is 1.94 bits per heavy atom. The molecule has 0 spiro atoms. The number of ether oxygens (including phenoxy) is 3. The number of aliphatic hydroxyl groups excluding tert-OH is 1. The van der Waals surface area contributed by atoms with Crippen LogP contribution in [-0.2, 0) is 20.8 Å². The molecule has 4 nitrogen and oxygen atoms in total. The SMILES string of the molecule is O[C@H]1O[C@H](COCc2ccccc2)[C@H]2O[C@@H]21. The Morgan fingerprint density at radius 3 is 2.56 bits per heavy atom. The minimum Gasteiger partial charge on any atom is -0.374 e. The highest BCUT2D eigenvalue weighted by Gasteiger charge is 2.57. The van der Waals surface area contributed by atoms with Crippen molar-refractivity contribution in [2.75, 3.05) is 6.61 Å². The molecular formula is C12H14O4. The molecule has 2 heterocycles. The smallest absolute Gasteiger partial charge is 0.184 e. The van der Waals surface area contributed by atoms with E-state index in [2.05, 4.69) is 0 Å². The average Bonchev–Trinajstić information content (AvgIpc) is 3.03. The van der Waals surface area contributed by atoms with Gasteiger partial charge in [-0.2, -0.15) is 0 Å². The maximum Gasteiger partial charge on any atom is 0.184 e. The molecule has 86 valence electrons.